The van der Waals surface area contributed by atoms with Crippen molar-refractivity contribution < 1.29 is 19.5 Å². The van der Waals surface area contributed by atoms with Crippen LogP contribution >= 0.6 is 0 Å². The Bertz CT molecular complexity index is 782. The minimum absolute atomic E-state index is 0.199. The maximum absolute atomic E-state index is 10.3. The molecule has 2 unspecified atom stereocenters. The molecule has 3 saturated carbocycles. The number of nitrogens with zero attached hydrogens (tertiary/aromatic N) is 1. The zero-order valence-electron chi connectivity index (χ0n) is 16.7. The van der Waals surface area contributed by atoms with Gasteiger partial charge in [0.05, 0.1) is 12.4 Å². The van der Waals surface area contributed by atoms with Gasteiger partial charge in [0.2, 0.25) is 0 Å². The third-order valence-electron chi connectivity index (χ3n) is 6.94. The summed E-state index contributed by atoms with van der Waals surface area (Å²) in [5.74, 6) is 2.96. The summed E-state index contributed by atoms with van der Waals surface area (Å²) in [6.07, 6.45) is 7.23. The van der Waals surface area contributed by atoms with E-state index in [1.54, 1.807) is 18.4 Å². The van der Waals surface area contributed by atoms with Gasteiger partial charge in [0, 0.05) is 6.04 Å². The Hall–Kier alpha value is -2.50. The van der Waals surface area contributed by atoms with Gasteiger partial charge in [0.15, 0.2) is 0 Å². The Morgan fingerprint density at radius 1 is 1.07 bits per heavy atom. The SMILES string of the molecule is C[C@H]1C(N2C=C(O)OB(C=Cc3ccccc3)O/C(O)=C\2)CC2C[C@H]1C2(C)C. The first kappa shape index (κ1) is 18.8. The van der Waals surface area contributed by atoms with E-state index >= 15 is 0 Å². The second-order valence-electron chi connectivity index (χ2n) is 8.78. The van der Waals surface area contributed by atoms with Crippen LogP contribution in [0.1, 0.15) is 39.2 Å². The third kappa shape index (κ3) is 3.48. The highest BCUT2D eigenvalue weighted by Gasteiger charge is 2.57. The predicted octanol–water partition coefficient (Wildman–Crippen LogP) is 4.86. The highest BCUT2D eigenvalue weighted by molar-refractivity contribution is 6.52. The van der Waals surface area contributed by atoms with E-state index in [0.29, 0.717) is 23.2 Å². The summed E-state index contributed by atoms with van der Waals surface area (Å²) in [5, 5.41) is 20.6. The zero-order valence-corrected chi connectivity index (χ0v) is 16.7. The first-order chi connectivity index (χ1) is 13.3. The largest absolute Gasteiger partial charge is 0.629 e. The summed E-state index contributed by atoms with van der Waals surface area (Å²) in [4.78, 5) is 1.85. The van der Waals surface area contributed by atoms with Gasteiger partial charge in [-0.15, -0.1) is 0 Å². The van der Waals surface area contributed by atoms with Crippen molar-refractivity contribution in [2.24, 2.45) is 23.2 Å². The first-order valence-electron chi connectivity index (χ1n) is 10.00. The lowest BCUT2D eigenvalue weighted by Crippen LogP contribution is -2.59. The second kappa shape index (κ2) is 7.15. The maximum Gasteiger partial charge on any atom is 0.629 e. The predicted molar refractivity (Wildman–Crippen MR) is 110 cm³/mol. The van der Waals surface area contributed by atoms with Gasteiger partial charge in [-0.25, -0.2) is 0 Å². The maximum atomic E-state index is 10.3. The summed E-state index contributed by atoms with van der Waals surface area (Å²) in [5.41, 5.74) is 1.35. The molecular formula is C22H28BNO4. The van der Waals surface area contributed by atoms with Gasteiger partial charge >= 0.3 is 7.12 Å². The van der Waals surface area contributed by atoms with E-state index in [-0.39, 0.29) is 17.9 Å². The molecular weight excluding hydrogens is 353 g/mol. The molecule has 148 valence electrons. The molecule has 28 heavy (non-hydrogen) atoms. The number of hydrogen-bond donors (Lipinski definition) is 2. The molecule has 2 N–H and O–H groups in total. The summed E-state index contributed by atoms with van der Waals surface area (Å²) >= 11 is 0. The number of hydrogen-bond acceptors (Lipinski definition) is 5. The number of aliphatic hydroxyl groups is 2. The monoisotopic (exact) mass is 381 g/mol. The van der Waals surface area contributed by atoms with Gasteiger partial charge < -0.3 is 24.4 Å². The number of fused-ring (bicyclic) bond motifs is 2. The Morgan fingerprint density at radius 2 is 1.71 bits per heavy atom. The van der Waals surface area contributed by atoms with Gasteiger partial charge in [-0.2, -0.15) is 0 Å². The average Bonchev–Trinajstić information content (AvgIpc) is 2.64. The van der Waals surface area contributed by atoms with Crippen LogP contribution in [0.2, 0.25) is 0 Å². The van der Waals surface area contributed by atoms with Crippen LogP contribution in [0, 0.1) is 23.2 Å². The third-order valence-corrected chi connectivity index (χ3v) is 6.94. The van der Waals surface area contributed by atoms with Gasteiger partial charge in [-0.1, -0.05) is 57.2 Å². The van der Waals surface area contributed by atoms with E-state index in [1.807, 2.05) is 41.3 Å². The Balaban J connectivity index is 1.48. The summed E-state index contributed by atoms with van der Waals surface area (Å²) < 4.78 is 11.0. The van der Waals surface area contributed by atoms with Gasteiger partial charge in [-0.05, 0) is 47.5 Å². The van der Waals surface area contributed by atoms with Crippen molar-refractivity contribution in [1.82, 2.24) is 4.90 Å². The molecule has 0 amide bonds. The zero-order chi connectivity index (χ0) is 19.9. The van der Waals surface area contributed by atoms with E-state index in [2.05, 4.69) is 20.8 Å². The molecule has 0 saturated heterocycles. The van der Waals surface area contributed by atoms with E-state index in [0.717, 1.165) is 12.0 Å². The molecule has 5 nitrogen and oxygen atoms in total. The molecule has 4 atom stereocenters. The molecule has 5 rings (SSSR count). The molecule has 1 aromatic rings. The topological polar surface area (TPSA) is 62.2 Å². The average molecular weight is 381 g/mol. The molecule has 3 fully saturated rings. The number of rotatable bonds is 3. The van der Waals surface area contributed by atoms with Gasteiger partial charge in [-0.3, -0.25) is 0 Å². The first-order valence-corrected chi connectivity index (χ1v) is 10.00. The molecule has 4 aliphatic rings. The quantitative estimate of drug-likeness (QED) is 0.733. The fourth-order valence-corrected chi connectivity index (χ4v) is 5.16. The highest BCUT2D eigenvalue weighted by atomic mass is 16.7. The van der Waals surface area contributed by atoms with Crippen molar-refractivity contribution in [3.05, 3.63) is 66.2 Å². The number of aliphatic hydroxyl groups excluding tert-OH is 2. The van der Waals surface area contributed by atoms with Crippen LogP contribution in [0.4, 0.5) is 0 Å². The van der Waals surface area contributed by atoms with Crippen LogP contribution in [-0.2, 0) is 9.31 Å². The molecule has 1 aromatic carbocycles. The lowest BCUT2D eigenvalue weighted by molar-refractivity contribution is -0.128. The normalized spacial score (nSPS) is 33.5. The van der Waals surface area contributed by atoms with Crippen LogP contribution in [0.15, 0.2) is 60.6 Å². The molecule has 3 aliphatic carbocycles. The fourth-order valence-electron chi connectivity index (χ4n) is 5.16. The van der Waals surface area contributed by atoms with Crippen molar-refractivity contribution in [2.75, 3.05) is 0 Å². The molecule has 0 radical (unpaired) electrons. The van der Waals surface area contributed by atoms with Crippen molar-refractivity contribution in [1.29, 1.82) is 0 Å². The van der Waals surface area contributed by atoms with Crippen molar-refractivity contribution in [3.8, 4) is 0 Å². The number of benzene rings is 1. The smallest absolute Gasteiger partial charge is 0.494 e. The van der Waals surface area contributed by atoms with Crippen molar-refractivity contribution >= 4 is 13.2 Å². The van der Waals surface area contributed by atoms with Crippen LogP contribution < -0.4 is 0 Å². The molecule has 6 heteroatoms. The van der Waals surface area contributed by atoms with Gasteiger partial charge in [0.1, 0.15) is 0 Å². The van der Waals surface area contributed by atoms with Crippen LogP contribution in [0.25, 0.3) is 6.08 Å². The van der Waals surface area contributed by atoms with E-state index in [1.165, 1.54) is 6.42 Å². The lowest BCUT2D eigenvalue weighted by atomic mass is 9.44. The minimum atomic E-state index is -0.911. The molecule has 0 aromatic heterocycles. The second-order valence-corrected chi connectivity index (χ2v) is 8.78. The fraction of sp³-hybridized carbons (Fsp3) is 0.455. The standard InChI is InChI=1S/C22H28BNO4/c1-15-18-11-17(22(18,2)3)12-19(15)24-13-20(25)27-23(28-21(26)14-24)10-9-16-7-5-4-6-8-16/h4-10,13-15,17-19,25-26H,11-12H2,1-3H3/b10-9?,20-13-,21-14?/t15-,17?,18-,19?/m1/s1. The Morgan fingerprint density at radius 3 is 2.29 bits per heavy atom. The summed E-state index contributed by atoms with van der Waals surface area (Å²) in [7, 11) is -0.911. The molecule has 2 bridgehead atoms. The molecule has 0 spiro atoms. The Labute approximate surface area is 167 Å². The summed E-state index contributed by atoms with van der Waals surface area (Å²) in [6.45, 7) is 6.96. The van der Waals surface area contributed by atoms with Crippen LogP contribution in [0.5, 0.6) is 0 Å². The van der Waals surface area contributed by atoms with Crippen LogP contribution in [-0.4, -0.2) is 28.3 Å². The Kier molecular flexibility index (Phi) is 4.82. The van der Waals surface area contributed by atoms with Crippen molar-refractivity contribution in [2.45, 2.75) is 39.7 Å². The van der Waals surface area contributed by atoms with E-state index < -0.39 is 7.12 Å². The van der Waals surface area contributed by atoms with E-state index in [4.69, 9.17) is 9.31 Å². The van der Waals surface area contributed by atoms with Gasteiger partial charge in [0.25, 0.3) is 11.9 Å². The summed E-state index contributed by atoms with van der Waals surface area (Å²) in [6, 6.07) is 9.90. The van der Waals surface area contributed by atoms with E-state index in [9.17, 15) is 10.2 Å². The van der Waals surface area contributed by atoms with Crippen LogP contribution in [0.3, 0.4) is 0 Å². The highest BCUT2D eigenvalue weighted by Crippen LogP contribution is 2.62. The molecule has 1 heterocycles. The van der Waals surface area contributed by atoms with Crippen molar-refractivity contribution in [3.63, 3.8) is 0 Å². The lowest BCUT2D eigenvalue weighted by Gasteiger charge is -2.63. The minimum Gasteiger partial charge on any atom is -0.494 e. The molecule has 1 aliphatic heterocycles.